The van der Waals surface area contributed by atoms with Crippen molar-refractivity contribution >= 4 is 5.96 Å². The number of aliphatic imine (C=N–C) groups is 1. The number of methoxy groups -OCH3 is 1. The van der Waals surface area contributed by atoms with Gasteiger partial charge < -0.3 is 25.0 Å². The van der Waals surface area contributed by atoms with Crippen molar-refractivity contribution in [1.82, 2.24) is 15.5 Å². The lowest BCUT2D eigenvalue weighted by Gasteiger charge is -2.29. The molecule has 2 N–H and O–H groups in total. The Kier molecular flexibility index (Phi) is 11.1. The van der Waals surface area contributed by atoms with Gasteiger partial charge in [-0.05, 0) is 51.7 Å². The average Bonchev–Trinajstić information content (AvgIpc) is 2.54. The molecule has 6 nitrogen and oxygen atoms in total. The van der Waals surface area contributed by atoms with Crippen molar-refractivity contribution < 1.29 is 9.47 Å². The summed E-state index contributed by atoms with van der Waals surface area (Å²) in [7, 11) is 5.71. The van der Waals surface area contributed by atoms with E-state index in [-0.39, 0.29) is 0 Å². The molecule has 0 amide bonds. The number of piperidine rings is 1. The van der Waals surface area contributed by atoms with E-state index in [0.717, 1.165) is 38.0 Å². The second-order valence-corrected chi connectivity index (χ2v) is 5.92. The Bertz CT molecular complexity index is 292. The zero-order chi connectivity index (χ0) is 16.0. The second kappa shape index (κ2) is 12.7. The number of nitrogens with zero attached hydrogens (tertiary/aromatic N) is 2. The molecule has 0 bridgehead atoms. The number of nitrogens with one attached hydrogen (secondary N) is 2. The van der Waals surface area contributed by atoms with Crippen LogP contribution in [0.15, 0.2) is 4.99 Å². The molecule has 1 rings (SSSR count). The highest BCUT2D eigenvalue weighted by atomic mass is 16.5. The largest absolute Gasteiger partial charge is 0.382 e. The van der Waals surface area contributed by atoms with Crippen LogP contribution in [0.4, 0.5) is 0 Å². The van der Waals surface area contributed by atoms with E-state index < -0.39 is 0 Å². The van der Waals surface area contributed by atoms with Crippen molar-refractivity contribution in [1.29, 1.82) is 0 Å². The fourth-order valence-electron chi connectivity index (χ4n) is 2.59. The number of guanidine groups is 1. The van der Waals surface area contributed by atoms with E-state index in [1.54, 1.807) is 7.11 Å². The van der Waals surface area contributed by atoms with Crippen molar-refractivity contribution in [2.75, 3.05) is 67.2 Å². The molecular formula is C16H34N4O2. The van der Waals surface area contributed by atoms with Crippen LogP contribution in [0.3, 0.4) is 0 Å². The Hall–Kier alpha value is -0.850. The molecule has 0 spiro atoms. The van der Waals surface area contributed by atoms with Gasteiger partial charge >= 0.3 is 0 Å². The summed E-state index contributed by atoms with van der Waals surface area (Å²) >= 11 is 0. The molecule has 1 aliphatic rings. The van der Waals surface area contributed by atoms with Crippen LogP contribution in [-0.2, 0) is 9.47 Å². The van der Waals surface area contributed by atoms with E-state index in [4.69, 9.17) is 9.47 Å². The number of hydrogen-bond donors (Lipinski definition) is 2. The molecule has 0 saturated carbocycles. The molecule has 0 atom stereocenters. The van der Waals surface area contributed by atoms with Gasteiger partial charge in [0.1, 0.15) is 0 Å². The van der Waals surface area contributed by atoms with Crippen LogP contribution in [0.2, 0.25) is 0 Å². The molecule has 0 aromatic carbocycles. The molecular weight excluding hydrogens is 280 g/mol. The van der Waals surface area contributed by atoms with Crippen LogP contribution >= 0.6 is 0 Å². The lowest BCUT2D eigenvalue weighted by molar-refractivity contribution is 0.0698. The molecule has 6 heteroatoms. The van der Waals surface area contributed by atoms with Crippen molar-refractivity contribution in [3.05, 3.63) is 0 Å². The topological polar surface area (TPSA) is 58.1 Å². The Morgan fingerprint density at radius 3 is 2.55 bits per heavy atom. The number of rotatable bonds is 10. The third-order valence-electron chi connectivity index (χ3n) is 4.10. The first-order valence-electron chi connectivity index (χ1n) is 8.46. The highest BCUT2D eigenvalue weighted by Gasteiger charge is 2.16. The monoisotopic (exact) mass is 314 g/mol. The first-order chi connectivity index (χ1) is 10.8. The van der Waals surface area contributed by atoms with Gasteiger partial charge in [0.15, 0.2) is 5.96 Å². The summed E-state index contributed by atoms with van der Waals surface area (Å²) in [6, 6.07) is 0. The molecule has 1 saturated heterocycles. The molecule has 1 aliphatic heterocycles. The molecule has 130 valence electrons. The van der Waals surface area contributed by atoms with Gasteiger partial charge in [0.2, 0.25) is 0 Å². The van der Waals surface area contributed by atoms with Crippen molar-refractivity contribution in [2.24, 2.45) is 10.9 Å². The van der Waals surface area contributed by atoms with Crippen LogP contribution in [0, 0.1) is 5.92 Å². The summed E-state index contributed by atoms with van der Waals surface area (Å²) in [6.07, 6.45) is 4.85. The smallest absolute Gasteiger partial charge is 0.190 e. The van der Waals surface area contributed by atoms with E-state index in [1.807, 2.05) is 7.05 Å². The van der Waals surface area contributed by atoms with E-state index in [1.165, 1.54) is 32.4 Å². The maximum absolute atomic E-state index is 5.43. The van der Waals surface area contributed by atoms with Gasteiger partial charge in [-0.25, -0.2) is 0 Å². The van der Waals surface area contributed by atoms with E-state index >= 15 is 0 Å². The van der Waals surface area contributed by atoms with Crippen LogP contribution in [0.25, 0.3) is 0 Å². The molecule has 0 aromatic rings. The fourth-order valence-corrected chi connectivity index (χ4v) is 2.59. The lowest BCUT2D eigenvalue weighted by atomic mass is 9.94. The summed E-state index contributed by atoms with van der Waals surface area (Å²) in [6.45, 7) is 6.43. The summed E-state index contributed by atoms with van der Waals surface area (Å²) in [4.78, 5) is 6.67. The number of likely N-dealkylation sites (tertiary alicyclic amines) is 1. The van der Waals surface area contributed by atoms with Crippen LogP contribution in [0.1, 0.15) is 25.7 Å². The minimum Gasteiger partial charge on any atom is -0.382 e. The fraction of sp³-hybridized carbons (Fsp3) is 0.938. The molecule has 0 aliphatic carbocycles. The third kappa shape index (κ3) is 9.23. The Balaban J connectivity index is 1.98. The van der Waals surface area contributed by atoms with Crippen molar-refractivity contribution in [3.8, 4) is 0 Å². The molecule has 1 fully saturated rings. The zero-order valence-corrected chi connectivity index (χ0v) is 14.6. The number of ether oxygens (including phenoxy) is 2. The summed E-state index contributed by atoms with van der Waals surface area (Å²) < 4.78 is 10.4. The van der Waals surface area contributed by atoms with Crippen molar-refractivity contribution in [2.45, 2.75) is 25.7 Å². The molecule has 0 aromatic heterocycles. The average molecular weight is 314 g/mol. The van der Waals surface area contributed by atoms with E-state index in [9.17, 15) is 0 Å². The predicted octanol–water partition coefficient (Wildman–Crippen LogP) is 0.936. The highest BCUT2D eigenvalue weighted by Crippen LogP contribution is 2.18. The molecule has 22 heavy (non-hydrogen) atoms. The minimum atomic E-state index is 0.660. The van der Waals surface area contributed by atoms with Gasteiger partial charge in [-0.2, -0.15) is 0 Å². The Labute approximate surface area is 135 Å². The van der Waals surface area contributed by atoms with E-state index in [2.05, 4.69) is 27.6 Å². The maximum atomic E-state index is 5.43. The highest BCUT2D eigenvalue weighted by molar-refractivity contribution is 5.79. The van der Waals surface area contributed by atoms with E-state index in [0.29, 0.717) is 13.2 Å². The quantitative estimate of drug-likeness (QED) is 0.357. The second-order valence-electron chi connectivity index (χ2n) is 5.92. The van der Waals surface area contributed by atoms with Gasteiger partial charge in [-0.3, -0.25) is 4.99 Å². The summed E-state index contributed by atoms with van der Waals surface area (Å²) in [5.41, 5.74) is 0. The van der Waals surface area contributed by atoms with Gasteiger partial charge in [0.25, 0.3) is 0 Å². The van der Waals surface area contributed by atoms with Crippen LogP contribution in [-0.4, -0.2) is 78.1 Å². The number of hydrogen-bond acceptors (Lipinski definition) is 4. The Morgan fingerprint density at radius 1 is 1.14 bits per heavy atom. The van der Waals surface area contributed by atoms with Crippen molar-refractivity contribution in [3.63, 3.8) is 0 Å². The predicted molar refractivity (Wildman–Crippen MR) is 91.5 cm³/mol. The first-order valence-corrected chi connectivity index (χ1v) is 8.46. The molecule has 1 heterocycles. The third-order valence-corrected chi connectivity index (χ3v) is 4.10. The van der Waals surface area contributed by atoms with Gasteiger partial charge in [0, 0.05) is 33.9 Å². The maximum Gasteiger partial charge on any atom is 0.190 e. The zero-order valence-electron chi connectivity index (χ0n) is 14.6. The van der Waals surface area contributed by atoms with Gasteiger partial charge in [-0.1, -0.05) is 0 Å². The minimum absolute atomic E-state index is 0.660. The van der Waals surface area contributed by atoms with Gasteiger partial charge in [-0.15, -0.1) is 0 Å². The normalized spacial score (nSPS) is 17.7. The molecule has 0 unspecified atom stereocenters. The SMILES string of the molecule is CN=C(NCCCOCCOC)NCCC1CCN(C)CC1. The van der Waals surface area contributed by atoms with Crippen LogP contribution in [0.5, 0.6) is 0 Å². The lowest BCUT2D eigenvalue weighted by Crippen LogP contribution is -2.39. The molecule has 0 radical (unpaired) electrons. The first kappa shape index (κ1) is 19.2. The van der Waals surface area contributed by atoms with Gasteiger partial charge in [0.05, 0.1) is 13.2 Å². The Morgan fingerprint density at radius 2 is 1.86 bits per heavy atom. The summed E-state index contributed by atoms with van der Waals surface area (Å²) in [5.74, 6) is 1.75. The summed E-state index contributed by atoms with van der Waals surface area (Å²) in [5, 5.41) is 6.73. The van der Waals surface area contributed by atoms with Crippen LogP contribution < -0.4 is 10.6 Å². The standard InChI is InChI=1S/C16H34N4O2/c1-17-16(18-8-4-12-22-14-13-21-3)19-9-5-15-6-10-20(2)11-7-15/h15H,4-14H2,1-3H3,(H2,17,18,19).